The zero-order valence-electron chi connectivity index (χ0n) is 20.4. The molecular formula is C27H33N3O4S. The largest absolute Gasteiger partial charge is 0.340 e. The second-order valence-corrected chi connectivity index (χ2v) is 12.3. The number of hydrogen-bond donors (Lipinski definition) is 0. The van der Waals surface area contributed by atoms with Gasteiger partial charge < -0.3 is 9.80 Å². The van der Waals surface area contributed by atoms with E-state index in [-0.39, 0.29) is 23.7 Å². The molecule has 2 aromatic rings. The van der Waals surface area contributed by atoms with Crippen molar-refractivity contribution in [3.63, 3.8) is 0 Å². The number of piperidine rings is 2. The Hall–Kier alpha value is -2.71. The third kappa shape index (κ3) is 4.86. The van der Waals surface area contributed by atoms with Gasteiger partial charge in [-0.3, -0.25) is 9.59 Å². The molecule has 5 rings (SSSR count). The SMILES string of the molecule is Cc1ccc(CN2C(=O)CCC2C(=O)N2CC3CC(C2)CN(S(=O)(=O)c2ccc(C)cc2)C3)cc1. The molecule has 0 saturated carbocycles. The molecule has 3 saturated heterocycles. The molecule has 3 unspecified atom stereocenters. The summed E-state index contributed by atoms with van der Waals surface area (Å²) >= 11 is 0. The number of nitrogens with zero attached hydrogens (tertiary/aromatic N) is 3. The fraction of sp³-hybridized carbons (Fsp3) is 0.481. The van der Waals surface area contributed by atoms with E-state index in [2.05, 4.69) is 0 Å². The summed E-state index contributed by atoms with van der Waals surface area (Å²) in [5, 5.41) is 0. The van der Waals surface area contributed by atoms with Gasteiger partial charge in [0.25, 0.3) is 0 Å². The molecule has 2 amide bonds. The molecule has 3 heterocycles. The van der Waals surface area contributed by atoms with Crippen molar-refractivity contribution in [3.05, 3.63) is 65.2 Å². The molecule has 3 atom stereocenters. The summed E-state index contributed by atoms with van der Waals surface area (Å²) in [5.74, 6) is 0.243. The molecule has 3 fully saturated rings. The maximum absolute atomic E-state index is 13.6. The van der Waals surface area contributed by atoms with Crippen molar-refractivity contribution in [3.8, 4) is 0 Å². The standard InChI is InChI=1S/C27H33N3O4S/c1-19-3-7-21(8-4-19)18-30-25(11-12-26(30)31)27(32)28-14-22-13-23(15-28)17-29(16-22)35(33,34)24-9-5-20(2)6-10-24/h3-10,22-23,25H,11-18H2,1-2H3. The topological polar surface area (TPSA) is 78.0 Å². The smallest absolute Gasteiger partial charge is 0.245 e. The van der Waals surface area contributed by atoms with Gasteiger partial charge in [0.1, 0.15) is 6.04 Å². The quantitative estimate of drug-likeness (QED) is 0.639. The molecule has 2 aromatic carbocycles. The average Bonchev–Trinajstić information content (AvgIpc) is 3.19. The summed E-state index contributed by atoms with van der Waals surface area (Å²) in [5.41, 5.74) is 3.21. The van der Waals surface area contributed by atoms with Crippen molar-refractivity contribution in [1.29, 1.82) is 0 Å². The van der Waals surface area contributed by atoms with Crippen LogP contribution in [0.2, 0.25) is 0 Å². The molecule has 35 heavy (non-hydrogen) atoms. The van der Waals surface area contributed by atoms with E-state index in [4.69, 9.17) is 0 Å². The maximum Gasteiger partial charge on any atom is 0.245 e. The van der Waals surface area contributed by atoms with Crippen molar-refractivity contribution in [1.82, 2.24) is 14.1 Å². The van der Waals surface area contributed by atoms with Crippen molar-refractivity contribution in [2.24, 2.45) is 11.8 Å². The van der Waals surface area contributed by atoms with Gasteiger partial charge >= 0.3 is 0 Å². The lowest BCUT2D eigenvalue weighted by atomic mass is 9.85. The summed E-state index contributed by atoms with van der Waals surface area (Å²) in [6, 6.07) is 14.6. The Morgan fingerprint density at radius 3 is 2.06 bits per heavy atom. The second-order valence-electron chi connectivity index (χ2n) is 10.4. The van der Waals surface area contributed by atoms with Gasteiger partial charge in [0.15, 0.2) is 0 Å². The minimum absolute atomic E-state index is 0.00695. The van der Waals surface area contributed by atoms with Crippen LogP contribution in [-0.2, 0) is 26.2 Å². The van der Waals surface area contributed by atoms with Crippen LogP contribution in [0.1, 0.15) is 36.0 Å². The number of likely N-dealkylation sites (tertiary alicyclic amines) is 2. The fourth-order valence-corrected chi connectivity index (χ4v) is 7.35. The predicted octanol–water partition coefficient (Wildman–Crippen LogP) is 2.96. The van der Waals surface area contributed by atoms with Crippen LogP contribution in [-0.4, -0.2) is 66.6 Å². The average molecular weight is 496 g/mol. The van der Waals surface area contributed by atoms with Crippen molar-refractivity contribution in [2.75, 3.05) is 26.2 Å². The monoisotopic (exact) mass is 495 g/mol. The number of benzene rings is 2. The lowest BCUT2D eigenvalue weighted by Gasteiger charge is -2.46. The molecule has 7 nitrogen and oxygen atoms in total. The Kier molecular flexibility index (Phi) is 6.44. The summed E-state index contributed by atoms with van der Waals surface area (Å²) in [7, 11) is -3.55. The molecule has 8 heteroatoms. The third-order valence-corrected chi connectivity index (χ3v) is 9.45. The van der Waals surface area contributed by atoms with E-state index in [0.29, 0.717) is 50.5 Å². The Balaban J connectivity index is 1.26. The van der Waals surface area contributed by atoms with Gasteiger partial charge in [-0.15, -0.1) is 0 Å². The normalized spacial score (nSPS) is 25.2. The highest BCUT2D eigenvalue weighted by atomic mass is 32.2. The Morgan fingerprint density at radius 2 is 1.46 bits per heavy atom. The first-order valence-corrected chi connectivity index (χ1v) is 13.9. The fourth-order valence-electron chi connectivity index (χ4n) is 5.76. The van der Waals surface area contributed by atoms with E-state index >= 15 is 0 Å². The van der Waals surface area contributed by atoms with Gasteiger partial charge in [-0.25, -0.2) is 8.42 Å². The summed E-state index contributed by atoms with van der Waals surface area (Å²) in [6.07, 6.45) is 1.87. The minimum atomic E-state index is -3.55. The molecule has 3 aliphatic heterocycles. The molecule has 0 aliphatic carbocycles. The van der Waals surface area contributed by atoms with Crippen LogP contribution in [0, 0.1) is 25.7 Å². The maximum atomic E-state index is 13.6. The van der Waals surface area contributed by atoms with Crippen LogP contribution in [0.5, 0.6) is 0 Å². The first-order valence-electron chi connectivity index (χ1n) is 12.4. The molecule has 0 radical (unpaired) electrons. The van der Waals surface area contributed by atoms with E-state index in [1.54, 1.807) is 21.3 Å². The Morgan fingerprint density at radius 1 is 0.886 bits per heavy atom. The minimum Gasteiger partial charge on any atom is -0.340 e. The number of amides is 2. The van der Waals surface area contributed by atoms with Gasteiger partial charge in [0, 0.05) is 39.1 Å². The zero-order valence-corrected chi connectivity index (χ0v) is 21.2. The summed E-state index contributed by atoms with van der Waals surface area (Å²) < 4.78 is 28.1. The molecule has 186 valence electrons. The van der Waals surface area contributed by atoms with E-state index in [1.165, 1.54) is 0 Å². The number of fused-ring (bicyclic) bond motifs is 2. The third-order valence-electron chi connectivity index (χ3n) is 7.60. The Bertz CT molecular complexity index is 1200. The van der Waals surface area contributed by atoms with Crippen LogP contribution < -0.4 is 0 Å². The van der Waals surface area contributed by atoms with Crippen LogP contribution in [0.15, 0.2) is 53.4 Å². The van der Waals surface area contributed by atoms with Crippen molar-refractivity contribution in [2.45, 2.75) is 50.6 Å². The van der Waals surface area contributed by atoms with Crippen molar-refractivity contribution >= 4 is 21.8 Å². The lowest BCUT2D eigenvalue weighted by Crippen LogP contribution is -2.57. The van der Waals surface area contributed by atoms with E-state index in [9.17, 15) is 18.0 Å². The molecular weight excluding hydrogens is 462 g/mol. The highest BCUT2D eigenvalue weighted by Gasteiger charge is 2.44. The molecule has 0 spiro atoms. The molecule has 2 bridgehead atoms. The van der Waals surface area contributed by atoms with Gasteiger partial charge in [-0.1, -0.05) is 47.5 Å². The molecule has 0 aromatic heterocycles. The zero-order chi connectivity index (χ0) is 24.7. The van der Waals surface area contributed by atoms with E-state index in [1.807, 2.05) is 55.1 Å². The number of carbonyl (C=O) groups is 2. The predicted molar refractivity (Wildman–Crippen MR) is 133 cm³/mol. The highest BCUT2D eigenvalue weighted by Crippen LogP contribution is 2.33. The van der Waals surface area contributed by atoms with Crippen molar-refractivity contribution < 1.29 is 18.0 Å². The number of hydrogen-bond acceptors (Lipinski definition) is 4. The number of sulfonamides is 1. The van der Waals surface area contributed by atoms with E-state index < -0.39 is 16.1 Å². The van der Waals surface area contributed by atoms with Crippen LogP contribution in [0.3, 0.4) is 0 Å². The molecule has 3 aliphatic rings. The summed E-state index contributed by atoms with van der Waals surface area (Å²) in [4.78, 5) is 30.1. The second kappa shape index (κ2) is 9.39. The van der Waals surface area contributed by atoms with Gasteiger partial charge in [-0.05, 0) is 56.2 Å². The Labute approximate surface area is 207 Å². The first kappa shape index (κ1) is 24.0. The van der Waals surface area contributed by atoms with Gasteiger partial charge in [-0.2, -0.15) is 4.31 Å². The van der Waals surface area contributed by atoms with Gasteiger partial charge in [0.2, 0.25) is 21.8 Å². The summed E-state index contributed by atoms with van der Waals surface area (Å²) in [6.45, 7) is 6.33. The lowest BCUT2D eigenvalue weighted by molar-refractivity contribution is -0.144. The van der Waals surface area contributed by atoms with Crippen LogP contribution >= 0.6 is 0 Å². The number of rotatable bonds is 5. The molecule has 0 N–H and O–H groups in total. The van der Waals surface area contributed by atoms with E-state index in [0.717, 1.165) is 23.1 Å². The van der Waals surface area contributed by atoms with Crippen LogP contribution in [0.4, 0.5) is 0 Å². The van der Waals surface area contributed by atoms with Gasteiger partial charge in [0.05, 0.1) is 4.90 Å². The van der Waals surface area contributed by atoms with Crippen LogP contribution in [0.25, 0.3) is 0 Å². The number of carbonyl (C=O) groups excluding carboxylic acids is 2. The number of aryl methyl sites for hydroxylation is 2. The highest BCUT2D eigenvalue weighted by molar-refractivity contribution is 7.89. The first-order chi connectivity index (χ1) is 16.7.